The number of carbonyl (C=O) groups excluding carboxylic acids is 1. The van der Waals surface area contributed by atoms with Crippen molar-refractivity contribution in [2.24, 2.45) is 0 Å². The van der Waals surface area contributed by atoms with Crippen LogP contribution in [0.2, 0.25) is 0 Å². The summed E-state index contributed by atoms with van der Waals surface area (Å²) in [5, 5.41) is 2.94. The second kappa shape index (κ2) is 5.55. The predicted octanol–water partition coefficient (Wildman–Crippen LogP) is 2.77. The summed E-state index contributed by atoms with van der Waals surface area (Å²) < 4.78 is 5.55. The van der Waals surface area contributed by atoms with E-state index in [-0.39, 0.29) is 5.78 Å². The van der Waals surface area contributed by atoms with Crippen molar-refractivity contribution in [2.75, 3.05) is 6.61 Å². The van der Waals surface area contributed by atoms with Crippen LogP contribution in [0.4, 0.5) is 0 Å². The molecule has 1 heterocycles. The number of Topliss-reactive ketones (excluding diaryl/α,β-unsaturated/α-hetero) is 1. The Kier molecular flexibility index (Phi) is 4.62. The molecule has 0 saturated carbocycles. The minimum absolute atomic E-state index is 0.113. The molecular formula is C12H19NO2S. The van der Waals surface area contributed by atoms with E-state index in [9.17, 15) is 4.79 Å². The molecule has 0 aromatic carbocycles. The molecule has 0 saturated heterocycles. The SMILES string of the molecule is CCOC(C)(CC)C(=O)Cc1csc(C)n1. The Hall–Kier alpha value is -0.740. The number of hydrogen-bond donors (Lipinski definition) is 0. The highest BCUT2D eigenvalue weighted by atomic mass is 32.1. The van der Waals surface area contributed by atoms with Crippen LogP contribution in [-0.2, 0) is 16.0 Å². The van der Waals surface area contributed by atoms with Gasteiger partial charge in [0.25, 0.3) is 0 Å². The van der Waals surface area contributed by atoms with Crippen LogP contribution >= 0.6 is 11.3 Å². The fourth-order valence-corrected chi connectivity index (χ4v) is 2.15. The highest BCUT2D eigenvalue weighted by Gasteiger charge is 2.31. The zero-order valence-corrected chi connectivity index (χ0v) is 11.2. The number of ketones is 1. The van der Waals surface area contributed by atoms with Crippen molar-refractivity contribution in [3.05, 3.63) is 16.1 Å². The van der Waals surface area contributed by atoms with Crippen LogP contribution in [0.3, 0.4) is 0 Å². The van der Waals surface area contributed by atoms with E-state index in [0.717, 1.165) is 10.7 Å². The molecule has 0 amide bonds. The zero-order valence-electron chi connectivity index (χ0n) is 10.4. The van der Waals surface area contributed by atoms with Gasteiger partial charge in [-0.05, 0) is 27.2 Å². The molecule has 1 aromatic rings. The highest BCUT2D eigenvalue weighted by Crippen LogP contribution is 2.19. The Morgan fingerprint density at radius 1 is 1.56 bits per heavy atom. The third kappa shape index (κ3) is 3.12. The van der Waals surface area contributed by atoms with Gasteiger partial charge in [0.15, 0.2) is 5.78 Å². The fraction of sp³-hybridized carbons (Fsp3) is 0.667. The summed E-state index contributed by atoms with van der Waals surface area (Å²) in [6.07, 6.45) is 1.07. The number of thiazole rings is 1. The Morgan fingerprint density at radius 3 is 2.69 bits per heavy atom. The van der Waals surface area contributed by atoms with Crippen LogP contribution in [0.5, 0.6) is 0 Å². The quantitative estimate of drug-likeness (QED) is 0.768. The van der Waals surface area contributed by atoms with Gasteiger partial charge in [0.05, 0.1) is 17.1 Å². The maximum atomic E-state index is 12.1. The van der Waals surface area contributed by atoms with E-state index in [0.29, 0.717) is 19.4 Å². The van der Waals surface area contributed by atoms with Crippen LogP contribution in [0, 0.1) is 6.92 Å². The number of aryl methyl sites for hydroxylation is 1. The summed E-state index contributed by atoms with van der Waals surface area (Å²) >= 11 is 1.57. The summed E-state index contributed by atoms with van der Waals surface area (Å²) in [7, 11) is 0. The van der Waals surface area contributed by atoms with E-state index in [4.69, 9.17) is 4.74 Å². The first-order valence-corrected chi connectivity index (χ1v) is 6.48. The maximum absolute atomic E-state index is 12.1. The molecule has 1 atom stereocenters. The van der Waals surface area contributed by atoms with E-state index in [1.54, 1.807) is 11.3 Å². The largest absolute Gasteiger partial charge is 0.368 e. The number of carbonyl (C=O) groups is 1. The average Bonchev–Trinajstić information content (AvgIpc) is 2.64. The van der Waals surface area contributed by atoms with E-state index in [1.807, 2.05) is 33.1 Å². The van der Waals surface area contributed by atoms with Gasteiger partial charge in [-0.3, -0.25) is 4.79 Å². The lowest BCUT2D eigenvalue weighted by molar-refractivity contribution is -0.141. The van der Waals surface area contributed by atoms with Crippen molar-refractivity contribution in [2.45, 2.75) is 46.1 Å². The summed E-state index contributed by atoms with van der Waals surface area (Å²) in [6.45, 7) is 8.25. The van der Waals surface area contributed by atoms with Gasteiger partial charge in [0.2, 0.25) is 0 Å². The molecule has 0 spiro atoms. The monoisotopic (exact) mass is 241 g/mol. The van der Waals surface area contributed by atoms with Crippen molar-refractivity contribution in [1.82, 2.24) is 4.98 Å². The highest BCUT2D eigenvalue weighted by molar-refractivity contribution is 7.09. The van der Waals surface area contributed by atoms with E-state index < -0.39 is 5.60 Å². The predicted molar refractivity (Wildman–Crippen MR) is 65.9 cm³/mol. The normalized spacial score (nSPS) is 14.8. The molecule has 0 radical (unpaired) electrons. The van der Waals surface area contributed by atoms with Crippen molar-refractivity contribution < 1.29 is 9.53 Å². The fourth-order valence-electron chi connectivity index (χ4n) is 1.54. The molecule has 0 aliphatic heterocycles. The molecule has 0 fully saturated rings. The average molecular weight is 241 g/mol. The van der Waals surface area contributed by atoms with Crippen LogP contribution in [0.1, 0.15) is 37.9 Å². The molecule has 90 valence electrons. The standard InChI is InChI=1S/C12H19NO2S/c1-5-12(4,15-6-2)11(14)7-10-8-16-9(3)13-10/h8H,5-7H2,1-4H3. The van der Waals surface area contributed by atoms with Crippen LogP contribution in [0.25, 0.3) is 0 Å². The molecule has 16 heavy (non-hydrogen) atoms. The van der Waals surface area contributed by atoms with Gasteiger partial charge in [0, 0.05) is 12.0 Å². The summed E-state index contributed by atoms with van der Waals surface area (Å²) in [6, 6.07) is 0. The molecule has 4 heteroatoms. The minimum Gasteiger partial charge on any atom is -0.368 e. The van der Waals surface area contributed by atoms with Crippen molar-refractivity contribution in [3.63, 3.8) is 0 Å². The first-order chi connectivity index (χ1) is 7.51. The van der Waals surface area contributed by atoms with Gasteiger partial charge in [-0.15, -0.1) is 11.3 Å². The Morgan fingerprint density at radius 2 is 2.25 bits per heavy atom. The smallest absolute Gasteiger partial charge is 0.170 e. The lowest BCUT2D eigenvalue weighted by Gasteiger charge is -2.26. The molecule has 3 nitrogen and oxygen atoms in total. The Balaban J connectivity index is 2.69. The van der Waals surface area contributed by atoms with Gasteiger partial charge in [-0.2, -0.15) is 0 Å². The molecule has 1 unspecified atom stereocenters. The second-order valence-electron chi connectivity index (χ2n) is 3.98. The number of aromatic nitrogens is 1. The van der Waals surface area contributed by atoms with E-state index in [2.05, 4.69) is 4.98 Å². The molecule has 0 N–H and O–H groups in total. The molecule has 0 aliphatic carbocycles. The summed E-state index contributed by atoms with van der Waals surface area (Å²) in [5.74, 6) is 0.113. The van der Waals surface area contributed by atoms with Crippen LogP contribution < -0.4 is 0 Å². The summed E-state index contributed by atoms with van der Waals surface area (Å²) in [5.41, 5.74) is 0.193. The molecule has 1 rings (SSSR count). The lowest BCUT2D eigenvalue weighted by Crippen LogP contribution is -2.39. The number of hydrogen-bond acceptors (Lipinski definition) is 4. The van der Waals surface area contributed by atoms with E-state index >= 15 is 0 Å². The molecular weight excluding hydrogens is 222 g/mol. The molecule has 0 aliphatic rings. The third-order valence-corrected chi connectivity index (χ3v) is 3.56. The second-order valence-corrected chi connectivity index (χ2v) is 5.04. The Labute approximate surface area is 101 Å². The van der Waals surface area contributed by atoms with Crippen LogP contribution in [0.15, 0.2) is 5.38 Å². The number of nitrogens with zero attached hydrogens (tertiary/aromatic N) is 1. The number of ether oxygens (including phenoxy) is 1. The van der Waals surface area contributed by atoms with Crippen molar-refractivity contribution in [3.8, 4) is 0 Å². The van der Waals surface area contributed by atoms with Crippen molar-refractivity contribution >= 4 is 17.1 Å². The van der Waals surface area contributed by atoms with Gasteiger partial charge >= 0.3 is 0 Å². The first kappa shape index (κ1) is 13.3. The van der Waals surface area contributed by atoms with Crippen LogP contribution in [-0.4, -0.2) is 23.0 Å². The van der Waals surface area contributed by atoms with Crippen molar-refractivity contribution in [1.29, 1.82) is 0 Å². The summed E-state index contributed by atoms with van der Waals surface area (Å²) in [4.78, 5) is 16.4. The van der Waals surface area contributed by atoms with Gasteiger partial charge in [-0.1, -0.05) is 6.92 Å². The first-order valence-electron chi connectivity index (χ1n) is 5.60. The minimum atomic E-state index is -0.660. The third-order valence-electron chi connectivity index (χ3n) is 2.74. The van der Waals surface area contributed by atoms with E-state index in [1.165, 1.54) is 0 Å². The molecule has 1 aromatic heterocycles. The van der Waals surface area contributed by atoms with Gasteiger partial charge < -0.3 is 4.74 Å². The van der Waals surface area contributed by atoms with Gasteiger partial charge in [0.1, 0.15) is 5.60 Å². The zero-order chi connectivity index (χ0) is 12.2. The molecule has 0 bridgehead atoms. The van der Waals surface area contributed by atoms with Gasteiger partial charge in [-0.25, -0.2) is 4.98 Å². The Bertz CT molecular complexity index is 362. The topological polar surface area (TPSA) is 39.2 Å². The number of rotatable bonds is 6. The maximum Gasteiger partial charge on any atom is 0.170 e. The lowest BCUT2D eigenvalue weighted by atomic mass is 9.94.